The van der Waals surface area contributed by atoms with E-state index in [0.717, 1.165) is 5.56 Å². The number of amides is 1. The van der Waals surface area contributed by atoms with Gasteiger partial charge in [0.2, 0.25) is 0 Å². The van der Waals surface area contributed by atoms with Gasteiger partial charge in [0.15, 0.2) is 0 Å². The maximum atomic E-state index is 12.9. The van der Waals surface area contributed by atoms with Gasteiger partial charge in [-0.3, -0.25) is 14.2 Å². The van der Waals surface area contributed by atoms with Crippen molar-refractivity contribution in [3.8, 4) is 0 Å². The molecule has 4 aromatic carbocycles. The van der Waals surface area contributed by atoms with Crippen molar-refractivity contribution in [3.63, 3.8) is 0 Å². The van der Waals surface area contributed by atoms with Crippen molar-refractivity contribution in [2.24, 2.45) is 0 Å². The number of nitrogens with one attached hydrogen (secondary N) is 3. The van der Waals surface area contributed by atoms with Gasteiger partial charge in [0.05, 0.1) is 21.2 Å². The summed E-state index contributed by atoms with van der Waals surface area (Å²) in [6.07, 6.45) is 0. The Morgan fingerprint density at radius 2 is 1.24 bits per heavy atom. The predicted octanol–water partition coefficient (Wildman–Crippen LogP) is 5.81. The highest BCUT2D eigenvalue weighted by atomic mass is 35.5. The summed E-state index contributed by atoms with van der Waals surface area (Å²) in [5.74, 6) is -0.492. The number of benzene rings is 4. The lowest BCUT2D eigenvalue weighted by atomic mass is 10.1. The van der Waals surface area contributed by atoms with Gasteiger partial charge in [0.25, 0.3) is 26.0 Å². The van der Waals surface area contributed by atoms with Crippen molar-refractivity contribution in [1.82, 2.24) is 0 Å². The minimum absolute atomic E-state index is 0.000127. The highest BCUT2D eigenvalue weighted by Crippen LogP contribution is 2.25. The molecule has 0 heterocycles. The average Bonchev–Trinajstić information content (AvgIpc) is 2.88. The highest BCUT2D eigenvalue weighted by molar-refractivity contribution is 7.93. The van der Waals surface area contributed by atoms with Crippen LogP contribution in [0.25, 0.3) is 0 Å². The molecular formula is C27H24ClN3O5S2. The molecule has 4 aromatic rings. The molecule has 0 aliphatic rings. The average molecular weight is 570 g/mol. The minimum Gasteiger partial charge on any atom is -0.322 e. The van der Waals surface area contributed by atoms with Crippen LogP contribution in [-0.4, -0.2) is 22.7 Å². The van der Waals surface area contributed by atoms with Gasteiger partial charge in [-0.2, -0.15) is 0 Å². The fourth-order valence-electron chi connectivity index (χ4n) is 3.47. The van der Waals surface area contributed by atoms with Crippen molar-refractivity contribution in [2.45, 2.75) is 23.6 Å². The molecule has 0 bridgehead atoms. The summed E-state index contributed by atoms with van der Waals surface area (Å²) in [5.41, 5.74) is 2.64. The zero-order valence-electron chi connectivity index (χ0n) is 20.4. The fourth-order valence-corrected chi connectivity index (χ4v) is 5.84. The second-order valence-electron chi connectivity index (χ2n) is 8.50. The van der Waals surface area contributed by atoms with E-state index in [1.165, 1.54) is 48.5 Å². The van der Waals surface area contributed by atoms with E-state index in [1.807, 2.05) is 6.92 Å². The first kappa shape index (κ1) is 27.2. The van der Waals surface area contributed by atoms with Gasteiger partial charge >= 0.3 is 0 Å². The number of carbonyl (C=O) groups is 1. The molecule has 0 spiro atoms. The van der Waals surface area contributed by atoms with Gasteiger partial charge in [-0.15, -0.1) is 0 Å². The number of rotatable bonds is 8. The summed E-state index contributed by atoms with van der Waals surface area (Å²) in [5, 5.41) is 3.13. The number of hydrogen-bond donors (Lipinski definition) is 3. The molecule has 0 fully saturated rings. The van der Waals surface area contributed by atoms with Crippen molar-refractivity contribution < 1.29 is 21.6 Å². The molecule has 0 radical (unpaired) electrons. The first-order valence-corrected chi connectivity index (χ1v) is 14.7. The number of carbonyl (C=O) groups excluding carboxylic acids is 1. The zero-order chi connectivity index (χ0) is 27.5. The Labute approximate surface area is 226 Å². The van der Waals surface area contributed by atoms with Gasteiger partial charge in [-0.1, -0.05) is 41.9 Å². The van der Waals surface area contributed by atoms with E-state index in [1.54, 1.807) is 49.4 Å². The quantitative estimate of drug-likeness (QED) is 0.247. The maximum Gasteiger partial charge on any atom is 0.261 e. The Kier molecular flexibility index (Phi) is 7.77. The van der Waals surface area contributed by atoms with E-state index in [2.05, 4.69) is 14.8 Å². The molecule has 38 heavy (non-hydrogen) atoms. The largest absolute Gasteiger partial charge is 0.322 e. The van der Waals surface area contributed by atoms with Crippen LogP contribution in [0.3, 0.4) is 0 Å². The standard InChI is InChI=1S/C27H24ClN3O5S2/c1-18-9-11-22(17-25(18)28)30-37(33,34)24-14-12-21(13-15-24)29-27(32)20-10-8-19(2)26(16-20)31-38(35,36)23-6-4-3-5-7-23/h3-17,30-31H,1-2H3,(H,29,32). The van der Waals surface area contributed by atoms with Crippen LogP contribution in [0.1, 0.15) is 21.5 Å². The molecule has 8 nitrogen and oxygen atoms in total. The van der Waals surface area contributed by atoms with E-state index in [9.17, 15) is 21.6 Å². The minimum atomic E-state index is -3.88. The Morgan fingerprint density at radius 3 is 1.89 bits per heavy atom. The van der Waals surface area contributed by atoms with Crippen LogP contribution >= 0.6 is 11.6 Å². The van der Waals surface area contributed by atoms with E-state index < -0.39 is 26.0 Å². The second kappa shape index (κ2) is 10.9. The topological polar surface area (TPSA) is 121 Å². The summed E-state index contributed by atoms with van der Waals surface area (Å²) < 4.78 is 55.9. The van der Waals surface area contributed by atoms with Gasteiger partial charge in [0, 0.05) is 16.3 Å². The maximum absolute atomic E-state index is 12.9. The first-order valence-electron chi connectivity index (χ1n) is 11.3. The molecular weight excluding hydrogens is 546 g/mol. The summed E-state index contributed by atoms with van der Waals surface area (Å²) >= 11 is 6.08. The van der Waals surface area contributed by atoms with Crippen molar-refractivity contribution >= 4 is 54.6 Å². The van der Waals surface area contributed by atoms with Crippen LogP contribution in [0.2, 0.25) is 5.02 Å². The highest BCUT2D eigenvalue weighted by Gasteiger charge is 2.18. The molecule has 0 aliphatic heterocycles. The molecule has 0 aliphatic carbocycles. The lowest BCUT2D eigenvalue weighted by Crippen LogP contribution is -2.16. The molecule has 0 aromatic heterocycles. The van der Waals surface area contributed by atoms with Crippen LogP contribution in [0, 0.1) is 13.8 Å². The third-order valence-electron chi connectivity index (χ3n) is 5.64. The normalized spacial score (nSPS) is 11.6. The van der Waals surface area contributed by atoms with Crippen LogP contribution in [-0.2, 0) is 20.0 Å². The molecule has 0 unspecified atom stereocenters. The third-order valence-corrected chi connectivity index (χ3v) is 8.83. The summed E-state index contributed by atoms with van der Waals surface area (Å²) in [6.45, 7) is 3.54. The number of sulfonamides is 2. The summed E-state index contributed by atoms with van der Waals surface area (Å²) in [4.78, 5) is 13.0. The van der Waals surface area contributed by atoms with Crippen molar-refractivity contribution in [1.29, 1.82) is 0 Å². The van der Waals surface area contributed by atoms with Gasteiger partial charge < -0.3 is 5.32 Å². The lowest BCUT2D eigenvalue weighted by Gasteiger charge is -2.13. The van der Waals surface area contributed by atoms with E-state index in [4.69, 9.17) is 11.6 Å². The molecule has 0 atom stereocenters. The van der Waals surface area contributed by atoms with Crippen LogP contribution < -0.4 is 14.8 Å². The van der Waals surface area contributed by atoms with E-state index >= 15 is 0 Å². The van der Waals surface area contributed by atoms with Crippen molar-refractivity contribution in [3.05, 3.63) is 113 Å². The molecule has 0 saturated heterocycles. The number of anilines is 3. The summed E-state index contributed by atoms with van der Waals surface area (Å²) in [6, 6.07) is 23.1. The summed E-state index contributed by atoms with van der Waals surface area (Å²) in [7, 11) is -7.71. The van der Waals surface area contributed by atoms with Gasteiger partial charge in [-0.25, -0.2) is 16.8 Å². The first-order chi connectivity index (χ1) is 17.9. The lowest BCUT2D eigenvalue weighted by molar-refractivity contribution is 0.102. The van der Waals surface area contributed by atoms with Crippen LogP contribution in [0.15, 0.2) is 101 Å². The SMILES string of the molecule is Cc1ccc(NS(=O)(=O)c2ccc(NC(=O)c3ccc(C)c(NS(=O)(=O)c4ccccc4)c3)cc2)cc1Cl. The Balaban J connectivity index is 1.47. The van der Waals surface area contributed by atoms with Gasteiger partial charge in [-0.05, 0) is 85.6 Å². The molecule has 0 saturated carbocycles. The third kappa shape index (κ3) is 6.34. The zero-order valence-corrected chi connectivity index (χ0v) is 22.8. The predicted molar refractivity (Wildman–Crippen MR) is 150 cm³/mol. The van der Waals surface area contributed by atoms with Gasteiger partial charge in [0.1, 0.15) is 0 Å². The number of aryl methyl sites for hydroxylation is 2. The molecule has 196 valence electrons. The van der Waals surface area contributed by atoms with E-state index in [0.29, 0.717) is 22.0 Å². The number of hydrogen-bond acceptors (Lipinski definition) is 5. The Bertz CT molecular complexity index is 1710. The molecule has 11 heteroatoms. The fraction of sp³-hybridized carbons (Fsp3) is 0.0741. The molecule has 1 amide bonds. The van der Waals surface area contributed by atoms with Crippen LogP contribution in [0.4, 0.5) is 17.1 Å². The molecule has 3 N–H and O–H groups in total. The van der Waals surface area contributed by atoms with E-state index in [-0.39, 0.29) is 21.0 Å². The van der Waals surface area contributed by atoms with Crippen LogP contribution in [0.5, 0.6) is 0 Å². The molecule has 4 rings (SSSR count). The van der Waals surface area contributed by atoms with Crippen molar-refractivity contribution in [2.75, 3.05) is 14.8 Å². The monoisotopic (exact) mass is 569 g/mol. The Hall–Kier alpha value is -3.86. The Morgan fingerprint density at radius 1 is 0.658 bits per heavy atom. The second-order valence-corrected chi connectivity index (χ2v) is 12.3. The number of halogens is 1. The smallest absolute Gasteiger partial charge is 0.261 e.